The largest absolute Gasteiger partial charge is 0.374 e. The predicted molar refractivity (Wildman–Crippen MR) is 88.0 cm³/mol. The van der Waals surface area contributed by atoms with E-state index in [1.165, 1.54) is 16.8 Å². The first-order chi connectivity index (χ1) is 9.74. The maximum Gasteiger partial charge on any atom is 0.0364 e. The van der Waals surface area contributed by atoms with Crippen LogP contribution in [0.5, 0.6) is 0 Å². The van der Waals surface area contributed by atoms with Crippen molar-refractivity contribution in [3.63, 3.8) is 0 Å². The van der Waals surface area contributed by atoms with Gasteiger partial charge in [-0.15, -0.1) is 0 Å². The van der Waals surface area contributed by atoms with Crippen LogP contribution in [0.2, 0.25) is 0 Å². The number of nitrogens with zero attached hydrogens (tertiary/aromatic N) is 1. The third-order valence-corrected chi connectivity index (χ3v) is 3.86. The van der Waals surface area contributed by atoms with Crippen LogP contribution in [0.1, 0.15) is 13.3 Å². The molecule has 0 radical (unpaired) electrons. The summed E-state index contributed by atoms with van der Waals surface area (Å²) in [5.41, 5.74) is 9.55. The first kappa shape index (κ1) is 14.6. The van der Waals surface area contributed by atoms with E-state index in [2.05, 4.69) is 67.4 Å². The third kappa shape index (κ3) is 3.61. The molecule has 0 fully saturated rings. The Kier molecular flexibility index (Phi) is 5.19. The van der Waals surface area contributed by atoms with E-state index in [0.29, 0.717) is 5.92 Å². The molecular weight excluding hydrogens is 244 g/mol. The van der Waals surface area contributed by atoms with Crippen LogP contribution in [0.3, 0.4) is 0 Å². The normalized spacial score (nSPS) is 12.2. The highest BCUT2D eigenvalue weighted by Crippen LogP contribution is 2.23. The van der Waals surface area contributed by atoms with Crippen LogP contribution in [0, 0.1) is 5.92 Å². The van der Waals surface area contributed by atoms with Gasteiger partial charge < -0.3 is 10.6 Å². The van der Waals surface area contributed by atoms with E-state index in [-0.39, 0.29) is 0 Å². The number of anilines is 1. The van der Waals surface area contributed by atoms with Crippen molar-refractivity contribution in [1.82, 2.24) is 0 Å². The fraction of sp³-hybridized carbons (Fsp3) is 0.333. The van der Waals surface area contributed by atoms with E-state index in [0.717, 1.165) is 19.5 Å². The Morgan fingerprint density at radius 3 is 2.10 bits per heavy atom. The predicted octanol–water partition coefficient (Wildman–Crippen LogP) is 3.77. The van der Waals surface area contributed by atoms with Gasteiger partial charge in [0, 0.05) is 19.3 Å². The average molecular weight is 268 g/mol. The molecule has 0 saturated carbocycles. The van der Waals surface area contributed by atoms with Crippen LogP contribution in [0.4, 0.5) is 5.69 Å². The molecule has 0 aliphatic rings. The quantitative estimate of drug-likeness (QED) is 0.864. The van der Waals surface area contributed by atoms with E-state index in [1.54, 1.807) is 0 Å². The van der Waals surface area contributed by atoms with Gasteiger partial charge in [0.2, 0.25) is 0 Å². The fourth-order valence-electron chi connectivity index (χ4n) is 2.40. The zero-order chi connectivity index (χ0) is 14.4. The second-order valence-corrected chi connectivity index (χ2v) is 5.30. The minimum absolute atomic E-state index is 0.564. The van der Waals surface area contributed by atoms with Crippen molar-refractivity contribution in [3.05, 3.63) is 54.6 Å². The lowest BCUT2D eigenvalue weighted by atomic mass is 10.0. The van der Waals surface area contributed by atoms with Crippen LogP contribution in [-0.4, -0.2) is 20.1 Å². The van der Waals surface area contributed by atoms with E-state index < -0.39 is 0 Å². The highest BCUT2D eigenvalue weighted by Gasteiger charge is 2.08. The number of hydrogen-bond acceptors (Lipinski definition) is 2. The molecule has 0 bridgehead atoms. The fourth-order valence-corrected chi connectivity index (χ4v) is 2.40. The maximum absolute atomic E-state index is 5.78. The van der Waals surface area contributed by atoms with Crippen molar-refractivity contribution in [2.75, 3.05) is 25.0 Å². The Morgan fingerprint density at radius 1 is 0.950 bits per heavy atom. The summed E-state index contributed by atoms with van der Waals surface area (Å²) < 4.78 is 0. The van der Waals surface area contributed by atoms with Gasteiger partial charge in [0.15, 0.2) is 0 Å². The highest BCUT2D eigenvalue weighted by molar-refractivity contribution is 5.66. The molecule has 1 atom stereocenters. The Morgan fingerprint density at radius 2 is 1.55 bits per heavy atom. The van der Waals surface area contributed by atoms with Crippen molar-refractivity contribution < 1.29 is 0 Å². The maximum atomic E-state index is 5.78. The number of benzene rings is 2. The van der Waals surface area contributed by atoms with Gasteiger partial charge in [-0.1, -0.05) is 55.8 Å². The molecule has 2 N–H and O–H groups in total. The molecule has 106 valence electrons. The molecule has 1 unspecified atom stereocenters. The van der Waals surface area contributed by atoms with E-state index >= 15 is 0 Å². The summed E-state index contributed by atoms with van der Waals surface area (Å²) >= 11 is 0. The van der Waals surface area contributed by atoms with Gasteiger partial charge in [-0.05, 0) is 35.7 Å². The second kappa shape index (κ2) is 7.11. The number of rotatable bonds is 6. The molecule has 0 aliphatic heterocycles. The summed E-state index contributed by atoms with van der Waals surface area (Å²) in [6.07, 6.45) is 1.13. The lowest BCUT2D eigenvalue weighted by molar-refractivity contribution is 0.521. The van der Waals surface area contributed by atoms with Crippen LogP contribution in [0.25, 0.3) is 11.1 Å². The van der Waals surface area contributed by atoms with E-state index in [1.807, 2.05) is 6.07 Å². The molecule has 0 heterocycles. The summed E-state index contributed by atoms with van der Waals surface area (Å²) in [7, 11) is 2.13. The van der Waals surface area contributed by atoms with Gasteiger partial charge >= 0.3 is 0 Å². The molecule has 2 aromatic rings. The molecule has 0 amide bonds. The molecule has 2 rings (SSSR count). The highest BCUT2D eigenvalue weighted by atomic mass is 15.1. The third-order valence-electron chi connectivity index (χ3n) is 3.86. The van der Waals surface area contributed by atoms with Crippen LogP contribution in [0.15, 0.2) is 54.6 Å². The summed E-state index contributed by atoms with van der Waals surface area (Å²) in [4.78, 5) is 2.29. The Hall–Kier alpha value is -1.80. The zero-order valence-electron chi connectivity index (χ0n) is 12.4. The van der Waals surface area contributed by atoms with Gasteiger partial charge in [-0.25, -0.2) is 0 Å². The summed E-state index contributed by atoms with van der Waals surface area (Å²) in [6, 6.07) is 19.2. The molecule has 0 aromatic heterocycles. The lowest BCUT2D eigenvalue weighted by Gasteiger charge is -2.24. The molecule has 2 aromatic carbocycles. The molecule has 2 heteroatoms. The zero-order valence-corrected chi connectivity index (χ0v) is 12.4. The van der Waals surface area contributed by atoms with Crippen molar-refractivity contribution in [2.24, 2.45) is 11.7 Å². The molecule has 0 saturated heterocycles. The van der Waals surface area contributed by atoms with E-state index in [9.17, 15) is 0 Å². The van der Waals surface area contributed by atoms with Crippen LogP contribution < -0.4 is 10.6 Å². The Bertz CT molecular complexity index is 501. The van der Waals surface area contributed by atoms with Crippen molar-refractivity contribution in [2.45, 2.75) is 13.3 Å². The molecule has 0 spiro atoms. The Labute approximate surface area is 122 Å². The molecule has 20 heavy (non-hydrogen) atoms. The molecule has 0 aliphatic carbocycles. The van der Waals surface area contributed by atoms with Gasteiger partial charge in [-0.2, -0.15) is 0 Å². The number of nitrogens with two attached hydrogens (primary N) is 1. The summed E-state index contributed by atoms with van der Waals surface area (Å²) in [5.74, 6) is 0.564. The van der Waals surface area contributed by atoms with Gasteiger partial charge in [0.1, 0.15) is 0 Å². The number of hydrogen-bond donors (Lipinski definition) is 1. The van der Waals surface area contributed by atoms with Crippen LogP contribution >= 0.6 is 0 Å². The van der Waals surface area contributed by atoms with Gasteiger partial charge in [0.05, 0.1) is 0 Å². The average Bonchev–Trinajstić information content (AvgIpc) is 2.53. The van der Waals surface area contributed by atoms with Crippen molar-refractivity contribution in [1.29, 1.82) is 0 Å². The smallest absolute Gasteiger partial charge is 0.0364 e. The standard InChI is InChI=1S/C18H24N2/c1-3-15(13-19)14-20(2)18-11-9-17(10-12-18)16-7-5-4-6-8-16/h4-12,15H,3,13-14,19H2,1-2H3. The van der Waals surface area contributed by atoms with Crippen LogP contribution in [-0.2, 0) is 0 Å². The SMILES string of the molecule is CCC(CN)CN(C)c1ccc(-c2ccccc2)cc1. The van der Waals surface area contributed by atoms with E-state index in [4.69, 9.17) is 5.73 Å². The van der Waals surface area contributed by atoms with Gasteiger partial charge in [0.25, 0.3) is 0 Å². The second-order valence-electron chi connectivity index (χ2n) is 5.30. The van der Waals surface area contributed by atoms with Crippen molar-refractivity contribution in [3.8, 4) is 11.1 Å². The minimum atomic E-state index is 0.564. The molecule has 2 nitrogen and oxygen atoms in total. The topological polar surface area (TPSA) is 29.3 Å². The first-order valence-electron chi connectivity index (χ1n) is 7.31. The van der Waals surface area contributed by atoms with Crippen molar-refractivity contribution >= 4 is 5.69 Å². The van der Waals surface area contributed by atoms with Gasteiger partial charge in [-0.3, -0.25) is 0 Å². The first-order valence-corrected chi connectivity index (χ1v) is 7.31. The monoisotopic (exact) mass is 268 g/mol. The lowest BCUT2D eigenvalue weighted by Crippen LogP contribution is -2.29. The molecular formula is C18H24N2. The summed E-state index contributed by atoms with van der Waals surface area (Å²) in [5, 5.41) is 0. The summed E-state index contributed by atoms with van der Waals surface area (Å²) in [6.45, 7) is 3.96. The minimum Gasteiger partial charge on any atom is -0.374 e. The Balaban J connectivity index is 2.08.